The molecule has 2 N–H and O–H groups in total. The number of likely N-dealkylation sites (tertiary alicyclic amines) is 2. The van der Waals surface area contributed by atoms with Gasteiger partial charge < -0.3 is 5.73 Å². The molecule has 21 heavy (non-hydrogen) atoms. The summed E-state index contributed by atoms with van der Waals surface area (Å²) in [5.41, 5.74) is 6.05. The third-order valence-electron chi connectivity index (χ3n) is 5.58. The molecule has 2 saturated heterocycles. The highest BCUT2D eigenvalue weighted by atomic mass is 32.1. The van der Waals surface area contributed by atoms with Gasteiger partial charge in [-0.2, -0.15) is 0 Å². The van der Waals surface area contributed by atoms with Gasteiger partial charge in [0.25, 0.3) is 0 Å². The zero-order valence-corrected chi connectivity index (χ0v) is 13.6. The highest BCUT2D eigenvalue weighted by Gasteiger charge is 2.41. The van der Waals surface area contributed by atoms with Crippen LogP contribution in [0, 0.1) is 5.92 Å². The Balaban J connectivity index is 1.41. The first-order valence-corrected chi connectivity index (χ1v) is 9.46. The Morgan fingerprint density at radius 1 is 1.10 bits per heavy atom. The van der Waals surface area contributed by atoms with E-state index < -0.39 is 0 Å². The Hall–Kier alpha value is -0.420. The first kappa shape index (κ1) is 14.2. The van der Waals surface area contributed by atoms with Gasteiger partial charge in [-0.15, -0.1) is 11.3 Å². The molecule has 0 spiro atoms. The minimum atomic E-state index is 0.448. The van der Waals surface area contributed by atoms with Crippen LogP contribution < -0.4 is 5.73 Å². The number of thiophene rings is 1. The fraction of sp³-hybridized carbons (Fsp3) is 0.765. The van der Waals surface area contributed by atoms with E-state index in [-0.39, 0.29) is 0 Å². The summed E-state index contributed by atoms with van der Waals surface area (Å²) in [7, 11) is 0. The molecule has 0 amide bonds. The van der Waals surface area contributed by atoms with E-state index in [2.05, 4.69) is 27.3 Å². The number of nitrogens with zero attached hydrogens (tertiary/aromatic N) is 2. The van der Waals surface area contributed by atoms with E-state index in [0.717, 1.165) is 12.0 Å². The Kier molecular flexibility index (Phi) is 4.05. The van der Waals surface area contributed by atoms with Crippen LogP contribution in [0.25, 0.3) is 0 Å². The second-order valence-corrected chi connectivity index (χ2v) is 8.09. The molecule has 116 valence electrons. The van der Waals surface area contributed by atoms with Gasteiger partial charge in [0, 0.05) is 36.1 Å². The summed E-state index contributed by atoms with van der Waals surface area (Å²) in [6.45, 7) is 4.99. The van der Waals surface area contributed by atoms with Crippen molar-refractivity contribution in [3.8, 4) is 0 Å². The number of nitrogens with two attached hydrogens (primary N) is 1. The summed E-state index contributed by atoms with van der Waals surface area (Å²) >= 11 is 1.95. The third-order valence-corrected chi connectivity index (χ3v) is 6.52. The zero-order chi connectivity index (χ0) is 14.2. The molecule has 2 unspecified atom stereocenters. The molecule has 1 aliphatic carbocycles. The molecule has 3 nitrogen and oxygen atoms in total. The Morgan fingerprint density at radius 3 is 2.57 bits per heavy atom. The van der Waals surface area contributed by atoms with Crippen molar-refractivity contribution in [1.82, 2.24) is 9.80 Å². The number of hydrogen-bond donors (Lipinski definition) is 1. The lowest BCUT2D eigenvalue weighted by Crippen LogP contribution is -2.46. The third kappa shape index (κ3) is 3.04. The standard InChI is InChI=1S/C17H27N3S/c18-14-5-8-19(9-6-14)15-7-10-20(12-15)17(13-3-4-13)16-2-1-11-21-16/h1-2,11,13-15,17H,3-10,12,18H2. The molecular weight excluding hydrogens is 278 g/mol. The Bertz CT molecular complexity index is 449. The van der Waals surface area contributed by atoms with Crippen LogP contribution in [0.4, 0.5) is 0 Å². The van der Waals surface area contributed by atoms with Crippen molar-refractivity contribution in [3.05, 3.63) is 22.4 Å². The summed E-state index contributed by atoms with van der Waals surface area (Å²) in [6, 6.07) is 6.50. The summed E-state index contributed by atoms with van der Waals surface area (Å²) < 4.78 is 0. The highest BCUT2D eigenvalue weighted by Crippen LogP contribution is 2.47. The number of rotatable bonds is 4. The molecule has 1 saturated carbocycles. The molecule has 4 heteroatoms. The van der Waals surface area contributed by atoms with Crippen LogP contribution >= 0.6 is 11.3 Å². The second kappa shape index (κ2) is 5.99. The summed E-state index contributed by atoms with van der Waals surface area (Å²) in [6.07, 6.45) is 6.59. The molecule has 0 aromatic carbocycles. The van der Waals surface area contributed by atoms with E-state index in [1.165, 1.54) is 58.3 Å². The van der Waals surface area contributed by atoms with Crippen molar-refractivity contribution in [2.24, 2.45) is 11.7 Å². The normalized spacial score (nSPS) is 30.8. The van der Waals surface area contributed by atoms with Gasteiger partial charge in [-0.25, -0.2) is 0 Å². The number of hydrogen-bond acceptors (Lipinski definition) is 4. The predicted molar refractivity (Wildman–Crippen MR) is 88.5 cm³/mol. The van der Waals surface area contributed by atoms with Crippen molar-refractivity contribution in [2.75, 3.05) is 26.2 Å². The van der Waals surface area contributed by atoms with Crippen LogP contribution in [-0.2, 0) is 0 Å². The average molecular weight is 305 g/mol. The van der Waals surface area contributed by atoms with Gasteiger partial charge in [0.1, 0.15) is 0 Å². The van der Waals surface area contributed by atoms with Gasteiger partial charge in [0.15, 0.2) is 0 Å². The molecule has 3 fully saturated rings. The van der Waals surface area contributed by atoms with Crippen LogP contribution in [0.1, 0.15) is 43.0 Å². The van der Waals surface area contributed by atoms with Gasteiger partial charge in [-0.05, 0) is 62.6 Å². The van der Waals surface area contributed by atoms with E-state index >= 15 is 0 Å². The smallest absolute Gasteiger partial charge is 0.0470 e. The molecule has 2 aliphatic heterocycles. The van der Waals surface area contributed by atoms with Gasteiger partial charge in [-0.1, -0.05) is 6.07 Å². The van der Waals surface area contributed by atoms with Crippen LogP contribution in [0.5, 0.6) is 0 Å². The van der Waals surface area contributed by atoms with E-state index in [1.54, 1.807) is 4.88 Å². The minimum absolute atomic E-state index is 0.448. The maximum Gasteiger partial charge on any atom is 0.0470 e. The maximum absolute atomic E-state index is 6.05. The average Bonchev–Trinajstić information content (AvgIpc) is 2.99. The van der Waals surface area contributed by atoms with Crippen LogP contribution in [0.3, 0.4) is 0 Å². The van der Waals surface area contributed by atoms with Crippen molar-refractivity contribution in [3.63, 3.8) is 0 Å². The van der Waals surface area contributed by atoms with Gasteiger partial charge >= 0.3 is 0 Å². The largest absolute Gasteiger partial charge is 0.328 e. The molecule has 3 heterocycles. The fourth-order valence-electron chi connectivity index (χ4n) is 4.19. The summed E-state index contributed by atoms with van der Waals surface area (Å²) in [5.74, 6) is 0.928. The fourth-order valence-corrected chi connectivity index (χ4v) is 5.14. The first-order valence-electron chi connectivity index (χ1n) is 8.58. The minimum Gasteiger partial charge on any atom is -0.328 e. The first-order chi connectivity index (χ1) is 10.3. The molecule has 3 aliphatic rings. The van der Waals surface area contributed by atoms with Crippen molar-refractivity contribution in [2.45, 2.75) is 50.2 Å². The Morgan fingerprint density at radius 2 is 1.90 bits per heavy atom. The van der Waals surface area contributed by atoms with Crippen LogP contribution in [0.2, 0.25) is 0 Å². The van der Waals surface area contributed by atoms with E-state index in [1.807, 2.05) is 11.3 Å². The lowest BCUT2D eigenvalue weighted by atomic mass is 10.0. The van der Waals surface area contributed by atoms with Crippen molar-refractivity contribution >= 4 is 11.3 Å². The van der Waals surface area contributed by atoms with Crippen molar-refractivity contribution in [1.29, 1.82) is 0 Å². The monoisotopic (exact) mass is 305 g/mol. The van der Waals surface area contributed by atoms with Gasteiger partial charge in [0.2, 0.25) is 0 Å². The molecular formula is C17H27N3S. The summed E-state index contributed by atoms with van der Waals surface area (Å²) in [4.78, 5) is 7.09. The molecule has 1 aromatic heterocycles. The zero-order valence-electron chi connectivity index (χ0n) is 12.8. The SMILES string of the molecule is NC1CCN(C2CCN(C(c3cccs3)C3CC3)C2)CC1. The highest BCUT2D eigenvalue weighted by molar-refractivity contribution is 7.10. The second-order valence-electron chi connectivity index (χ2n) is 7.11. The van der Waals surface area contributed by atoms with Crippen molar-refractivity contribution < 1.29 is 0 Å². The molecule has 0 radical (unpaired) electrons. The van der Waals surface area contributed by atoms with Gasteiger partial charge in [0.05, 0.1) is 0 Å². The molecule has 0 bridgehead atoms. The summed E-state index contributed by atoms with van der Waals surface area (Å²) in [5, 5.41) is 2.24. The quantitative estimate of drug-likeness (QED) is 0.928. The topological polar surface area (TPSA) is 32.5 Å². The van der Waals surface area contributed by atoms with E-state index in [4.69, 9.17) is 5.73 Å². The Labute approximate surface area is 132 Å². The van der Waals surface area contributed by atoms with Gasteiger partial charge in [-0.3, -0.25) is 9.80 Å². The lowest BCUT2D eigenvalue weighted by molar-refractivity contribution is 0.140. The number of piperidine rings is 1. The van der Waals surface area contributed by atoms with Crippen LogP contribution in [0.15, 0.2) is 17.5 Å². The molecule has 2 atom stereocenters. The molecule has 4 rings (SSSR count). The lowest BCUT2D eigenvalue weighted by Gasteiger charge is -2.35. The maximum atomic E-state index is 6.05. The van der Waals surface area contributed by atoms with Crippen LogP contribution in [-0.4, -0.2) is 48.1 Å². The molecule has 1 aromatic rings. The van der Waals surface area contributed by atoms with E-state index in [9.17, 15) is 0 Å². The van der Waals surface area contributed by atoms with E-state index in [0.29, 0.717) is 12.1 Å². The predicted octanol–water partition coefficient (Wildman–Crippen LogP) is 2.70.